The van der Waals surface area contributed by atoms with Gasteiger partial charge in [-0.3, -0.25) is 0 Å². The standard InChI is InChI=1S/C13H20N2O/c1-9(2)7-14-11-5-10-3-4-12(16)6-13(10)15-8-11/h3-4,6,9,11,14-16H,5,7-8H2,1-2H3. The van der Waals surface area contributed by atoms with Crippen molar-refractivity contribution in [2.75, 3.05) is 18.4 Å². The number of nitrogens with one attached hydrogen (secondary N) is 2. The summed E-state index contributed by atoms with van der Waals surface area (Å²) >= 11 is 0. The zero-order chi connectivity index (χ0) is 11.5. The Morgan fingerprint density at radius 3 is 3.06 bits per heavy atom. The van der Waals surface area contributed by atoms with Gasteiger partial charge in [-0.2, -0.15) is 0 Å². The third-order valence-corrected chi connectivity index (χ3v) is 2.91. The first kappa shape index (κ1) is 11.3. The zero-order valence-corrected chi connectivity index (χ0v) is 9.96. The SMILES string of the molecule is CC(C)CNC1CNc2cc(O)ccc2C1. The Kier molecular flexibility index (Phi) is 3.34. The highest BCUT2D eigenvalue weighted by molar-refractivity contribution is 5.57. The van der Waals surface area contributed by atoms with Crippen LogP contribution in [0.5, 0.6) is 5.75 Å². The van der Waals surface area contributed by atoms with E-state index < -0.39 is 0 Å². The third kappa shape index (κ3) is 2.67. The van der Waals surface area contributed by atoms with Gasteiger partial charge >= 0.3 is 0 Å². The van der Waals surface area contributed by atoms with E-state index in [4.69, 9.17) is 0 Å². The van der Waals surface area contributed by atoms with Gasteiger partial charge in [-0.15, -0.1) is 0 Å². The average molecular weight is 220 g/mol. The Morgan fingerprint density at radius 1 is 1.50 bits per heavy atom. The van der Waals surface area contributed by atoms with Crippen molar-refractivity contribution in [3.63, 3.8) is 0 Å². The smallest absolute Gasteiger partial charge is 0.117 e. The number of hydrogen-bond acceptors (Lipinski definition) is 3. The van der Waals surface area contributed by atoms with Gasteiger partial charge in [0.1, 0.15) is 5.75 Å². The quantitative estimate of drug-likeness (QED) is 0.729. The average Bonchev–Trinajstić information content (AvgIpc) is 2.26. The predicted octanol–water partition coefficient (Wildman–Crippen LogP) is 1.97. The van der Waals surface area contributed by atoms with Crippen molar-refractivity contribution in [1.29, 1.82) is 0 Å². The van der Waals surface area contributed by atoms with Crippen LogP contribution in [0.3, 0.4) is 0 Å². The summed E-state index contributed by atoms with van der Waals surface area (Å²) in [6.45, 7) is 6.42. The Bertz CT molecular complexity index is 363. The van der Waals surface area contributed by atoms with Gasteiger partial charge in [0, 0.05) is 24.3 Å². The summed E-state index contributed by atoms with van der Waals surface area (Å²) in [4.78, 5) is 0. The molecule has 0 spiro atoms. The van der Waals surface area contributed by atoms with E-state index in [1.165, 1.54) is 5.56 Å². The van der Waals surface area contributed by atoms with E-state index in [2.05, 4.69) is 24.5 Å². The maximum absolute atomic E-state index is 9.37. The van der Waals surface area contributed by atoms with Crippen molar-refractivity contribution in [3.8, 4) is 5.75 Å². The molecule has 3 nitrogen and oxygen atoms in total. The molecule has 1 atom stereocenters. The van der Waals surface area contributed by atoms with E-state index in [1.807, 2.05) is 6.07 Å². The molecule has 1 aromatic carbocycles. The number of phenolic OH excluding ortho intramolecular Hbond substituents is 1. The van der Waals surface area contributed by atoms with E-state index in [0.29, 0.717) is 17.7 Å². The molecule has 1 aliphatic rings. The summed E-state index contributed by atoms with van der Waals surface area (Å²) in [5, 5.41) is 16.3. The second-order valence-electron chi connectivity index (χ2n) is 4.93. The number of hydrogen-bond donors (Lipinski definition) is 3. The van der Waals surface area contributed by atoms with E-state index in [9.17, 15) is 5.11 Å². The third-order valence-electron chi connectivity index (χ3n) is 2.91. The molecular formula is C13H20N2O. The number of benzene rings is 1. The van der Waals surface area contributed by atoms with Crippen molar-refractivity contribution >= 4 is 5.69 Å². The van der Waals surface area contributed by atoms with Gasteiger partial charge < -0.3 is 15.7 Å². The summed E-state index contributed by atoms with van der Waals surface area (Å²) in [5.74, 6) is 1.01. The van der Waals surface area contributed by atoms with Gasteiger partial charge in [0.25, 0.3) is 0 Å². The van der Waals surface area contributed by atoms with E-state index >= 15 is 0 Å². The van der Waals surface area contributed by atoms with Crippen LogP contribution in [0.2, 0.25) is 0 Å². The molecule has 3 N–H and O–H groups in total. The molecule has 88 valence electrons. The van der Waals surface area contributed by atoms with Crippen molar-refractivity contribution in [3.05, 3.63) is 23.8 Å². The lowest BCUT2D eigenvalue weighted by molar-refractivity contribution is 0.461. The molecule has 0 aliphatic carbocycles. The lowest BCUT2D eigenvalue weighted by Gasteiger charge is -2.27. The van der Waals surface area contributed by atoms with Crippen LogP contribution in [-0.4, -0.2) is 24.2 Å². The van der Waals surface area contributed by atoms with Crippen LogP contribution in [0.1, 0.15) is 19.4 Å². The minimum atomic E-state index is 0.333. The largest absolute Gasteiger partial charge is 0.508 e. The molecule has 1 unspecified atom stereocenters. The van der Waals surface area contributed by atoms with Crippen LogP contribution in [0, 0.1) is 5.92 Å². The Morgan fingerprint density at radius 2 is 2.31 bits per heavy atom. The second-order valence-corrected chi connectivity index (χ2v) is 4.93. The van der Waals surface area contributed by atoms with Gasteiger partial charge in [0.2, 0.25) is 0 Å². The first-order valence-electron chi connectivity index (χ1n) is 5.94. The molecule has 2 rings (SSSR count). The first-order chi connectivity index (χ1) is 7.65. The van der Waals surface area contributed by atoms with Gasteiger partial charge in [-0.1, -0.05) is 19.9 Å². The maximum atomic E-state index is 9.37. The maximum Gasteiger partial charge on any atom is 0.117 e. The highest BCUT2D eigenvalue weighted by atomic mass is 16.3. The molecule has 0 bridgehead atoms. The fourth-order valence-corrected chi connectivity index (χ4v) is 2.02. The first-order valence-corrected chi connectivity index (χ1v) is 5.94. The van der Waals surface area contributed by atoms with Crippen LogP contribution in [0.15, 0.2) is 18.2 Å². The van der Waals surface area contributed by atoms with Crippen molar-refractivity contribution in [1.82, 2.24) is 5.32 Å². The normalized spacial score (nSPS) is 19.3. The van der Waals surface area contributed by atoms with Crippen molar-refractivity contribution in [2.45, 2.75) is 26.3 Å². The van der Waals surface area contributed by atoms with Gasteiger partial charge in [-0.05, 0) is 30.5 Å². The Labute approximate surface area is 96.9 Å². The minimum Gasteiger partial charge on any atom is -0.508 e. The van der Waals surface area contributed by atoms with Crippen LogP contribution in [0.25, 0.3) is 0 Å². The molecule has 16 heavy (non-hydrogen) atoms. The van der Waals surface area contributed by atoms with Crippen LogP contribution in [-0.2, 0) is 6.42 Å². The van der Waals surface area contributed by atoms with Crippen molar-refractivity contribution in [2.24, 2.45) is 5.92 Å². The molecular weight excluding hydrogens is 200 g/mol. The summed E-state index contributed by atoms with van der Waals surface area (Å²) in [6.07, 6.45) is 1.04. The van der Waals surface area contributed by atoms with Crippen LogP contribution < -0.4 is 10.6 Å². The fraction of sp³-hybridized carbons (Fsp3) is 0.538. The van der Waals surface area contributed by atoms with Crippen LogP contribution in [0.4, 0.5) is 5.69 Å². The van der Waals surface area contributed by atoms with Crippen LogP contribution >= 0.6 is 0 Å². The highest BCUT2D eigenvalue weighted by Gasteiger charge is 2.17. The minimum absolute atomic E-state index is 0.333. The van der Waals surface area contributed by atoms with E-state index in [0.717, 1.165) is 25.2 Å². The monoisotopic (exact) mass is 220 g/mol. The molecule has 0 saturated carbocycles. The molecule has 1 aliphatic heterocycles. The zero-order valence-electron chi connectivity index (χ0n) is 9.96. The number of fused-ring (bicyclic) bond motifs is 1. The predicted molar refractivity (Wildman–Crippen MR) is 66.9 cm³/mol. The van der Waals surface area contributed by atoms with Crippen molar-refractivity contribution < 1.29 is 5.11 Å². The Balaban J connectivity index is 1.98. The molecule has 0 saturated heterocycles. The fourth-order valence-electron chi connectivity index (χ4n) is 2.02. The summed E-state index contributed by atoms with van der Waals surface area (Å²) in [7, 11) is 0. The molecule has 1 aromatic rings. The highest BCUT2D eigenvalue weighted by Crippen LogP contribution is 2.25. The lowest BCUT2D eigenvalue weighted by atomic mass is 9.99. The summed E-state index contributed by atoms with van der Waals surface area (Å²) in [6, 6.07) is 6.06. The summed E-state index contributed by atoms with van der Waals surface area (Å²) in [5.41, 5.74) is 2.35. The second kappa shape index (κ2) is 4.74. The van der Waals surface area contributed by atoms with Gasteiger partial charge in [0.15, 0.2) is 0 Å². The number of aromatic hydroxyl groups is 1. The topological polar surface area (TPSA) is 44.3 Å². The number of rotatable bonds is 3. The van der Waals surface area contributed by atoms with E-state index in [1.54, 1.807) is 12.1 Å². The molecule has 3 heteroatoms. The molecule has 0 radical (unpaired) electrons. The Hall–Kier alpha value is -1.22. The molecule has 1 heterocycles. The molecule has 0 amide bonds. The summed E-state index contributed by atoms with van der Waals surface area (Å²) < 4.78 is 0. The number of anilines is 1. The number of phenols is 1. The molecule has 0 fully saturated rings. The molecule has 0 aromatic heterocycles. The lowest BCUT2D eigenvalue weighted by Crippen LogP contribution is -2.41. The van der Waals surface area contributed by atoms with Gasteiger partial charge in [0.05, 0.1) is 0 Å². The van der Waals surface area contributed by atoms with Gasteiger partial charge in [-0.25, -0.2) is 0 Å². The van der Waals surface area contributed by atoms with E-state index in [-0.39, 0.29) is 0 Å².